The fourth-order valence-electron chi connectivity index (χ4n) is 2.32. The van der Waals surface area contributed by atoms with E-state index in [-0.39, 0.29) is 12.0 Å². The van der Waals surface area contributed by atoms with Crippen LogP contribution in [0.4, 0.5) is 0 Å². The molecule has 2 atom stereocenters. The number of hydrogen-bond acceptors (Lipinski definition) is 3. The van der Waals surface area contributed by atoms with Crippen molar-refractivity contribution in [2.24, 2.45) is 0 Å². The van der Waals surface area contributed by atoms with Gasteiger partial charge < -0.3 is 14.8 Å². The molecular weight excluding hydrogens is 254 g/mol. The van der Waals surface area contributed by atoms with Crippen LogP contribution in [0, 0.1) is 0 Å². The van der Waals surface area contributed by atoms with Crippen LogP contribution in [-0.4, -0.2) is 31.3 Å². The van der Waals surface area contributed by atoms with E-state index in [1.54, 1.807) is 6.92 Å². The molecule has 1 aromatic carbocycles. The fraction of sp³-hybridized carbons (Fsp3) is 0.562. The van der Waals surface area contributed by atoms with Crippen LogP contribution < -0.4 is 10.1 Å². The van der Waals surface area contributed by atoms with Gasteiger partial charge in [0, 0.05) is 13.2 Å². The average Bonchev–Trinajstić information content (AvgIpc) is 2.98. The van der Waals surface area contributed by atoms with E-state index in [9.17, 15) is 4.79 Å². The molecule has 1 saturated heterocycles. The molecule has 4 heteroatoms. The van der Waals surface area contributed by atoms with E-state index in [1.807, 2.05) is 24.3 Å². The van der Waals surface area contributed by atoms with Gasteiger partial charge in [0.1, 0.15) is 5.75 Å². The predicted octanol–water partition coefficient (Wildman–Crippen LogP) is 2.31. The molecule has 2 rings (SSSR count). The Kier molecular flexibility index (Phi) is 5.41. The van der Waals surface area contributed by atoms with Crippen LogP contribution in [0.5, 0.6) is 5.75 Å². The Hall–Kier alpha value is -1.55. The Morgan fingerprint density at radius 1 is 1.50 bits per heavy atom. The molecule has 20 heavy (non-hydrogen) atoms. The maximum atomic E-state index is 12.0. The SMILES string of the molecule is CCc1ccccc1O[C@@H](C)C(=O)NC[C@H]1CCCO1. The number of carbonyl (C=O) groups excluding carboxylic acids is 1. The summed E-state index contributed by atoms with van der Waals surface area (Å²) in [5.74, 6) is 0.696. The van der Waals surface area contributed by atoms with Crippen molar-refractivity contribution in [2.75, 3.05) is 13.2 Å². The first-order valence-electron chi connectivity index (χ1n) is 7.34. The normalized spacial score (nSPS) is 19.6. The fourth-order valence-corrected chi connectivity index (χ4v) is 2.32. The van der Waals surface area contributed by atoms with Crippen molar-refractivity contribution >= 4 is 5.91 Å². The molecule has 0 unspecified atom stereocenters. The van der Waals surface area contributed by atoms with Crippen molar-refractivity contribution in [3.63, 3.8) is 0 Å². The van der Waals surface area contributed by atoms with Gasteiger partial charge in [0.2, 0.25) is 0 Å². The first-order chi connectivity index (χ1) is 9.70. The maximum absolute atomic E-state index is 12.0. The Morgan fingerprint density at radius 3 is 3.00 bits per heavy atom. The van der Waals surface area contributed by atoms with Gasteiger partial charge in [-0.3, -0.25) is 4.79 Å². The summed E-state index contributed by atoms with van der Waals surface area (Å²) >= 11 is 0. The smallest absolute Gasteiger partial charge is 0.260 e. The zero-order valence-electron chi connectivity index (χ0n) is 12.2. The molecule has 4 nitrogen and oxygen atoms in total. The molecule has 0 bridgehead atoms. The van der Waals surface area contributed by atoms with E-state index in [2.05, 4.69) is 12.2 Å². The van der Waals surface area contributed by atoms with Crippen LogP contribution in [0.3, 0.4) is 0 Å². The van der Waals surface area contributed by atoms with Crippen molar-refractivity contribution in [1.29, 1.82) is 0 Å². The zero-order chi connectivity index (χ0) is 14.4. The Bertz CT molecular complexity index is 441. The van der Waals surface area contributed by atoms with Crippen LogP contribution in [0.1, 0.15) is 32.3 Å². The first kappa shape index (κ1) is 14.9. The highest BCUT2D eigenvalue weighted by Crippen LogP contribution is 2.19. The van der Waals surface area contributed by atoms with Gasteiger partial charge in [-0.1, -0.05) is 25.1 Å². The van der Waals surface area contributed by atoms with Gasteiger partial charge in [-0.05, 0) is 37.8 Å². The van der Waals surface area contributed by atoms with Crippen LogP contribution in [0.25, 0.3) is 0 Å². The van der Waals surface area contributed by atoms with Crippen molar-refractivity contribution in [2.45, 2.75) is 45.3 Å². The van der Waals surface area contributed by atoms with Gasteiger partial charge in [-0.2, -0.15) is 0 Å². The van der Waals surface area contributed by atoms with Gasteiger partial charge in [0.25, 0.3) is 5.91 Å². The topological polar surface area (TPSA) is 47.6 Å². The molecule has 1 aliphatic heterocycles. The van der Waals surface area contributed by atoms with Gasteiger partial charge in [-0.15, -0.1) is 0 Å². The molecule has 0 aliphatic carbocycles. The van der Waals surface area contributed by atoms with E-state index in [0.29, 0.717) is 6.54 Å². The minimum Gasteiger partial charge on any atom is -0.481 e. The van der Waals surface area contributed by atoms with E-state index < -0.39 is 6.10 Å². The van der Waals surface area contributed by atoms with Crippen LogP contribution in [-0.2, 0) is 16.0 Å². The summed E-state index contributed by atoms with van der Waals surface area (Å²) in [6.45, 7) is 5.22. The molecule has 1 aromatic rings. The Labute approximate surface area is 120 Å². The second kappa shape index (κ2) is 7.29. The highest BCUT2D eigenvalue weighted by atomic mass is 16.5. The van der Waals surface area contributed by atoms with Crippen molar-refractivity contribution < 1.29 is 14.3 Å². The molecular formula is C16H23NO3. The third-order valence-corrected chi connectivity index (χ3v) is 3.55. The Morgan fingerprint density at radius 2 is 2.30 bits per heavy atom. The van der Waals surface area contributed by atoms with Gasteiger partial charge in [0.05, 0.1) is 6.10 Å². The second-order valence-corrected chi connectivity index (χ2v) is 5.10. The second-order valence-electron chi connectivity index (χ2n) is 5.10. The van der Waals surface area contributed by atoms with E-state index in [0.717, 1.165) is 37.2 Å². The van der Waals surface area contributed by atoms with E-state index >= 15 is 0 Å². The number of ether oxygens (including phenoxy) is 2. The molecule has 1 amide bonds. The minimum absolute atomic E-state index is 0.0913. The van der Waals surface area contributed by atoms with Crippen molar-refractivity contribution in [3.8, 4) is 5.75 Å². The summed E-state index contributed by atoms with van der Waals surface area (Å²) in [5.41, 5.74) is 1.12. The average molecular weight is 277 g/mol. The lowest BCUT2D eigenvalue weighted by atomic mass is 10.1. The summed E-state index contributed by atoms with van der Waals surface area (Å²) < 4.78 is 11.2. The van der Waals surface area contributed by atoms with Crippen molar-refractivity contribution in [1.82, 2.24) is 5.32 Å². The molecule has 0 saturated carbocycles. The summed E-state index contributed by atoms with van der Waals surface area (Å²) in [6, 6.07) is 7.83. The number of benzene rings is 1. The highest BCUT2D eigenvalue weighted by molar-refractivity contribution is 5.80. The molecule has 0 aromatic heterocycles. The molecule has 1 N–H and O–H groups in total. The number of hydrogen-bond donors (Lipinski definition) is 1. The molecule has 110 valence electrons. The predicted molar refractivity (Wildman–Crippen MR) is 77.9 cm³/mol. The number of nitrogens with one attached hydrogen (secondary N) is 1. The zero-order valence-corrected chi connectivity index (χ0v) is 12.2. The quantitative estimate of drug-likeness (QED) is 0.868. The largest absolute Gasteiger partial charge is 0.481 e. The standard InChI is InChI=1S/C16H23NO3/c1-3-13-7-4-5-9-15(13)20-12(2)16(18)17-11-14-8-6-10-19-14/h4-5,7,9,12,14H,3,6,8,10-11H2,1-2H3,(H,17,18)/t12-,14+/m0/s1. The van der Waals surface area contributed by atoms with Gasteiger partial charge >= 0.3 is 0 Å². The summed E-state index contributed by atoms with van der Waals surface area (Å²) in [5, 5.41) is 2.89. The molecule has 1 heterocycles. The number of amides is 1. The van der Waals surface area contributed by atoms with E-state index in [4.69, 9.17) is 9.47 Å². The lowest BCUT2D eigenvalue weighted by Crippen LogP contribution is -2.40. The van der Waals surface area contributed by atoms with Gasteiger partial charge in [0.15, 0.2) is 6.10 Å². The van der Waals surface area contributed by atoms with Crippen LogP contribution in [0.15, 0.2) is 24.3 Å². The van der Waals surface area contributed by atoms with Crippen molar-refractivity contribution in [3.05, 3.63) is 29.8 Å². The van der Waals surface area contributed by atoms with Gasteiger partial charge in [-0.25, -0.2) is 0 Å². The highest BCUT2D eigenvalue weighted by Gasteiger charge is 2.20. The molecule has 1 aliphatic rings. The molecule has 0 spiro atoms. The number of para-hydroxylation sites is 1. The third kappa shape index (κ3) is 3.97. The lowest BCUT2D eigenvalue weighted by molar-refractivity contribution is -0.127. The maximum Gasteiger partial charge on any atom is 0.260 e. The molecule has 0 radical (unpaired) electrons. The summed E-state index contributed by atoms with van der Waals surface area (Å²) in [6.07, 6.45) is 2.66. The first-order valence-corrected chi connectivity index (χ1v) is 7.34. The number of carbonyl (C=O) groups is 1. The number of rotatable bonds is 6. The van der Waals surface area contributed by atoms with Crippen LogP contribution in [0.2, 0.25) is 0 Å². The van der Waals surface area contributed by atoms with E-state index in [1.165, 1.54) is 0 Å². The Balaban J connectivity index is 1.83. The monoisotopic (exact) mass is 277 g/mol. The summed E-state index contributed by atoms with van der Waals surface area (Å²) in [4.78, 5) is 12.0. The summed E-state index contributed by atoms with van der Waals surface area (Å²) in [7, 11) is 0. The lowest BCUT2D eigenvalue weighted by Gasteiger charge is -2.18. The molecule has 1 fully saturated rings. The third-order valence-electron chi connectivity index (χ3n) is 3.55. The number of aryl methyl sites for hydroxylation is 1. The van der Waals surface area contributed by atoms with Crippen LogP contribution >= 0.6 is 0 Å². The minimum atomic E-state index is -0.496.